The van der Waals surface area contributed by atoms with E-state index in [9.17, 15) is 10.1 Å². The fourth-order valence-corrected chi connectivity index (χ4v) is 4.43. The minimum Gasteiger partial charge on any atom is -0.447 e. The molecule has 0 radical (unpaired) electrons. The number of aryl methyl sites for hydroxylation is 1. The van der Waals surface area contributed by atoms with Crippen LogP contribution in [0.5, 0.6) is 0 Å². The maximum atomic E-state index is 12.9. The van der Waals surface area contributed by atoms with Gasteiger partial charge >= 0.3 is 0 Å². The summed E-state index contributed by atoms with van der Waals surface area (Å²) in [6.45, 7) is 5.48. The molecule has 1 amide bonds. The molecule has 8 nitrogen and oxygen atoms in total. The molecular weight excluding hydrogens is 356 g/mol. The van der Waals surface area contributed by atoms with Crippen molar-refractivity contribution >= 4 is 5.91 Å². The number of nitriles is 1. The lowest BCUT2D eigenvalue weighted by Crippen LogP contribution is -2.44. The average molecular weight is 380 g/mol. The van der Waals surface area contributed by atoms with Crippen LogP contribution in [-0.2, 0) is 0 Å². The van der Waals surface area contributed by atoms with Gasteiger partial charge in [0.05, 0.1) is 23.5 Å². The summed E-state index contributed by atoms with van der Waals surface area (Å²) in [5, 5.41) is 12.5. The van der Waals surface area contributed by atoms with Gasteiger partial charge in [-0.05, 0) is 51.2 Å². The van der Waals surface area contributed by atoms with Gasteiger partial charge in [-0.3, -0.25) is 10.2 Å². The molecule has 1 aliphatic heterocycles. The molecule has 4 unspecified atom stereocenters. The third kappa shape index (κ3) is 3.17. The molecule has 28 heavy (non-hydrogen) atoms. The number of carbonyl (C=O) groups is 1. The van der Waals surface area contributed by atoms with Gasteiger partial charge in [0.15, 0.2) is 6.39 Å². The van der Waals surface area contributed by atoms with Crippen molar-refractivity contribution in [1.29, 1.82) is 5.26 Å². The van der Waals surface area contributed by atoms with Crippen LogP contribution >= 0.6 is 0 Å². The van der Waals surface area contributed by atoms with Gasteiger partial charge in [-0.1, -0.05) is 0 Å². The third-order valence-corrected chi connectivity index (χ3v) is 6.11. The van der Waals surface area contributed by atoms with Gasteiger partial charge in [-0.25, -0.2) is 15.4 Å². The number of nitrogens with zero attached hydrogens (tertiary/aromatic N) is 3. The van der Waals surface area contributed by atoms with Crippen LogP contribution in [0.4, 0.5) is 0 Å². The second-order valence-electron chi connectivity index (χ2n) is 7.71. The first-order chi connectivity index (χ1) is 13.5. The first kappa shape index (κ1) is 18.6. The van der Waals surface area contributed by atoms with E-state index in [2.05, 4.69) is 32.2 Å². The number of amides is 1. The molecule has 1 saturated heterocycles. The fraction of sp³-hybridized carbons (Fsp3) is 0.500. The summed E-state index contributed by atoms with van der Waals surface area (Å²) in [5.74, 6) is 0.945. The van der Waals surface area contributed by atoms with Crippen molar-refractivity contribution < 1.29 is 9.21 Å². The van der Waals surface area contributed by atoms with Crippen LogP contribution in [-0.4, -0.2) is 28.0 Å². The minimum absolute atomic E-state index is 0.0477. The maximum absolute atomic E-state index is 12.9. The lowest BCUT2D eigenvalue weighted by Gasteiger charge is -2.33. The Labute approximate surface area is 163 Å². The Balaban J connectivity index is 1.49. The fourth-order valence-electron chi connectivity index (χ4n) is 4.43. The van der Waals surface area contributed by atoms with Gasteiger partial charge in [-0.2, -0.15) is 5.26 Å². The van der Waals surface area contributed by atoms with E-state index < -0.39 is 0 Å². The number of rotatable bonds is 3. The van der Waals surface area contributed by atoms with Crippen molar-refractivity contribution in [1.82, 2.24) is 26.1 Å². The smallest absolute Gasteiger partial charge is 0.270 e. The Morgan fingerprint density at radius 1 is 1.29 bits per heavy atom. The molecule has 0 spiro atoms. The monoisotopic (exact) mass is 380 g/mol. The Morgan fingerprint density at radius 2 is 2.11 bits per heavy atom. The molecule has 0 aromatic carbocycles. The number of aromatic nitrogens is 2. The summed E-state index contributed by atoms with van der Waals surface area (Å²) in [6.07, 6.45) is 5.88. The SMILES string of the molecule is Cc1nc(C(=O)NC2CCC3NNC(c4cnco4)C3C2)c(C)c(C)c1C#N. The normalized spacial score (nSPS) is 26.5. The lowest BCUT2D eigenvalue weighted by atomic mass is 9.78. The predicted octanol–water partition coefficient (Wildman–Crippen LogP) is 1.98. The van der Waals surface area contributed by atoms with Crippen LogP contribution in [0.3, 0.4) is 0 Å². The number of nitrogens with one attached hydrogen (secondary N) is 3. The molecule has 1 saturated carbocycles. The van der Waals surface area contributed by atoms with Crippen LogP contribution < -0.4 is 16.2 Å². The second-order valence-corrected chi connectivity index (χ2v) is 7.71. The van der Waals surface area contributed by atoms with Crippen LogP contribution in [0.2, 0.25) is 0 Å². The number of hydrogen-bond donors (Lipinski definition) is 3. The quantitative estimate of drug-likeness (QED) is 0.745. The van der Waals surface area contributed by atoms with Crippen molar-refractivity contribution in [2.24, 2.45) is 5.92 Å². The zero-order chi connectivity index (χ0) is 19.8. The van der Waals surface area contributed by atoms with E-state index in [4.69, 9.17) is 4.42 Å². The maximum Gasteiger partial charge on any atom is 0.270 e. The van der Waals surface area contributed by atoms with Crippen LogP contribution in [0.1, 0.15) is 63.9 Å². The predicted molar refractivity (Wildman–Crippen MR) is 101 cm³/mol. The number of carbonyl (C=O) groups excluding carboxylic acids is 1. The van der Waals surface area contributed by atoms with Gasteiger partial charge < -0.3 is 9.73 Å². The molecule has 8 heteroatoms. The van der Waals surface area contributed by atoms with Crippen molar-refractivity contribution in [2.45, 2.75) is 58.2 Å². The summed E-state index contributed by atoms with van der Waals surface area (Å²) >= 11 is 0. The standard InChI is InChI=1S/C20H24N6O2/c1-10-11(2)18(23-12(3)15(10)7-21)20(27)24-13-4-5-16-14(6-13)19(26-25-16)17-8-22-9-28-17/h8-9,13-14,16,19,25-26H,4-6H2,1-3H3,(H,24,27). The summed E-state index contributed by atoms with van der Waals surface area (Å²) in [5.41, 5.74) is 9.78. The van der Waals surface area contributed by atoms with Crippen LogP contribution in [0, 0.1) is 38.0 Å². The van der Waals surface area contributed by atoms with Gasteiger partial charge in [0.25, 0.3) is 5.91 Å². The topological polar surface area (TPSA) is 116 Å². The summed E-state index contributed by atoms with van der Waals surface area (Å²) in [4.78, 5) is 21.3. The molecule has 4 rings (SSSR count). The highest BCUT2D eigenvalue weighted by Crippen LogP contribution is 2.38. The molecule has 4 atom stereocenters. The van der Waals surface area contributed by atoms with Crippen LogP contribution in [0.15, 0.2) is 17.0 Å². The zero-order valence-electron chi connectivity index (χ0n) is 16.2. The van der Waals surface area contributed by atoms with Gasteiger partial charge in [-0.15, -0.1) is 0 Å². The van der Waals surface area contributed by atoms with Crippen molar-refractivity contribution in [3.63, 3.8) is 0 Å². The molecule has 3 N–H and O–H groups in total. The Morgan fingerprint density at radius 3 is 2.82 bits per heavy atom. The zero-order valence-corrected chi connectivity index (χ0v) is 16.2. The number of pyridine rings is 1. The van der Waals surface area contributed by atoms with E-state index in [0.717, 1.165) is 36.1 Å². The molecule has 2 aromatic heterocycles. The highest BCUT2D eigenvalue weighted by molar-refractivity contribution is 5.94. The second kappa shape index (κ2) is 7.34. The first-order valence-corrected chi connectivity index (χ1v) is 9.57. The van der Waals surface area contributed by atoms with E-state index in [-0.39, 0.29) is 18.0 Å². The molecule has 2 aromatic rings. The van der Waals surface area contributed by atoms with Crippen molar-refractivity contribution in [3.8, 4) is 6.07 Å². The number of oxazole rings is 1. The molecule has 146 valence electrons. The molecule has 1 aliphatic carbocycles. The van der Waals surface area contributed by atoms with E-state index in [1.54, 1.807) is 13.1 Å². The van der Waals surface area contributed by atoms with Gasteiger partial charge in [0, 0.05) is 18.0 Å². The summed E-state index contributed by atoms with van der Waals surface area (Å²) < 4.78 is 5.48. The van der Waals surface area contributed by atoms with E-state index in [0.29, 0.717) is 28.9 Å². The minimum atomic E-state index is -0.174. The largest absolute Gasteiger partial charge is 0.447 e. The highest BCUT2D eigenvalue weighted by Gasteiger charge is 2.42. The van der Waals surface area contributed by atoms with Gasteiger partial charge in [0.1, 0.15) is 17.5 Å². The molecule has 2 fully saturated rings. The summed E-state index contributed by atoms with van der Waals surface area (Å²) in [6, 6.07) is 2.64. The number of hydrogen-bond acceptors (Lipinski definition) is 7. The Hall–Kier alpha value is -2.76. The molecular formula is C20H24N6O2. The Kier molecular flexibility index (Phi) is 4.87. The molecule has 2 aliphatic rings. The third-order valence-electron chi connectivity index (χ3n) is 6.11. The Bertz CT molecular complexity index is 933. The van der Waals surface area contributed by atoms with E-state index in [1.807, 2.05) is 13.8 Å². The van der Waals surface area contributed by atoms with Crippen LogP contribution in [0.25, 0.3) is 0 Å². The van der Waals surface area contributed by atoms with Crippen molar-refractivity contribution in [3.05, 3.63) is 46.4 Å². The lowest BCUT2D eigenvalue weighted by molar-refractivity contribution is 0.0908. The van der Waals surface area contributed by atoms with E-state index in [1.165, 1.54) is 6.39 Å². The van der Waals surface area contributed by atoms with E-state index >= 15 is 0 Å². The summed E-state index contributed by atoms with van der Waals surface area (Å²) in [7, 11) is 0. The molecule has 0 bridgehead atoms. The average Bonchev–Trinajstić information content (AvgIpc) is 3.34. The first-order valence-electron chi connectivity index (χ1n) is 9.57. The number of fused-ring (bicyclic) bond motifs is 1. The van der Waals surface area contributed by atoms with Gasteiger partial charge in [0.2, 0.25) is 0 Å². The molecule has 3 heterocycles. The van der Waals surface area contributed by atoms with Crippen molar-refractivity contribution in [2.75, 3.05) is 0 Å². The number of hydrazine groups is 1. The highest BCUT2D eigenvalue weighted by atomic mass is 16.3.